The van der Waals surface area contributed by atoms with E-state index in [2.05, 4.69) is 53.6 Å². The molecule has 5 heteroatoms. The van der Waals surface area contributed by atoms with Gasteiger partial charge in [-0.2, -0.15) is 0 Å². The molecule has 0 bridgehead atoms. The predicted octanol–water partition coefficient (Wildman–Crippen LogP) is 4.16. The minimum Gasteiger partial charge on any atom is -0.349 e. The van der Waals surface area contributed by atoms with E-state index in [-0.39, 0.29) is 17.9 Å². The Hall–Kier alpha value is -2.66. The van der Waals surface area contributed by atoms with Crippen molar-refractivity contribution in [3.8, 4) is 0 Å². The number of hydrogen-bond donors (Lipinski definition) is 2. The Morgan fingerprint density at radius 3 is 2.41 bits per heavy atom. The summed E-state index contributed by atoms with van der Waals surface area (Å²) in [7, 11) is 2.01. The number of benzene rings is 2. The summed E-state index contributed by atoms with van der Waals surface area (Å²) < 4.78 is 0. The molecule has 0 spiro atoms. The number of carbonyl (C=O) groups is 2. The second-order valence-corrected chi connectivity index (χ2v) is 8.23. The van der Waals surface area contributed by atoms with E-state index >= 15 is 0 Å². The molecule has 0 atom stereocenters. The van der Waals surface area contributed by atoms with Gasteiger partial charge >= 0.3 is 0 Å². The van der Waals surface area contributed by atoms with E-state index < -0.39 is 0 Å². The zero-order chi connectivity index (χ0) is 20.8. The highest BCUT2D eigenvalue weighted by atomic mass is 16.2. The minimum atomic E-state index is -0.120. The van der Waals surface area contributed by atoms with Crippen molar-refractivity contribution in [1.82, 2.24) is 10.2 Å². The highest BCUT2D eigenvalue weighted by Gasteiger charge is 2.25. The molecular formula is C24H31N3O2. The van der Waals surface area contributed by atoms with Gasteiger partial charge in [0.25, 0.3) is 5.91 Å². The van der Waals surface area contributed by atoms with Crippen LogP contribution in [0, 0.1) is 0 Å². The van der Waals surface area contributed by atoms with Gasteiger partial charge in [0, 0.05) is 25.6 Å². The first-order valence-electron chi connectivity index (χ1n) is 10.4. The lowest BCUT2D eigenvalue weighted by Crippen LogP contribution is -2.28. The molecule has 0 heterocycles. The van der Waals surface area contributed by atoms with E-state index in [1.807, 2.05) is 19.2 Å². The molecule has 3 rings (SSSR count). The molecule has 0 unspecified atom stereocenters. The fourth-order valence-corrected chi connectivity index (χ4v) is 3.18. The average Bonchev–Trinajstić information content (AvgIpc) is 3.51. The fourth-order valence-electron chi connectivity index (χ4n) is 3.18. The van der Waals surface area contributed by atoms with Gasteiger partial charge in [-0.05, 0) is 49.1 Å². The Bertz CT molecular complexity index is 841. The molecule has 5 nitrogen and oxygen atoms in total. The maximum Gasteiger partial charge on any atom is 0.253 e. The third-order valence-electron chi connectivity index (χ3n) is 5.18. The largest absolute Gasteiger partial charge is 0.349 e. The molecule has 0 saturated heterocycles. The zero-order valence-electron chi connectivity index (χ0n) is 17.6. The Kier molecular flexibility index (Phi) is 7.04. The lowest BCUT2D eigenvalue weighted by Gasteiger charge is -2.17. The van der Waals surface area contributed by atoms with Crippen LogP contribution in [0.2, 0.25) is 0 Å². The standard InChI is InChI=1S/C24H31N3O2/c1-17(2)19-10-8-18(9-11-19)16-27(3)15-14-23(28)26-22-7-5-4-6-21(22)24(29)25-20-12-13-20/h4-11,17,20H,12-16H2,1-3H3,(H,25,29)(H,26,28). The van der Waals surface area contributed by atoms with Crippen molar-refractivity contribution in [2.75, 3.05) is 18.9 Å². The molecule has 1 aliphatic carbocycles. The maximum absolute atomic E-state index is 12.4. The zero-order valence-corrected chi connectivity index (χ0v) is 17.6. The highest BCUT2D eigenvalue weighted by molar-refractivity contribution is 6.03. The number of hydrogen-bond acceptors (Lipinski definition) is 3. The van der Waals surface area contributed by atoms with Crippen molar-refractivity contribution >= 4 is 17.5 Å². The van der Waals surface area contributed by atoms with Crippen LogP contribution >= 0.6 is 0 Å². The summed E-state index contributed by atoms with van der Waals surface area (Å²) in [5.41, 5.74) is 3.66. The van der Waals surface area contributed by atoms with E-state index in [1.165, 1.54) is 11.1 Å². The van der Waals surface area contributed by atoms with Crippen LogP contribution in [0.25, 0.3) is 0 Å². The van der Waals surface area contributed by atoms with Crippen molar-refractivity contribution in [2.24, 2.45) is 0 Å². The predicted molar refractivity (Wildman–Crippen MR) is 117 cm³/mol. The third kappa shape index (κ3) is 6.43. The number of amides is 2. The van der Waals surface area contributed by atoms with Crippen LogP contribution < -0.4 is 10.6 Å². The van der Waals surface area contributed by atoms with Crippen molar-refractivity contribution < 1.29 is 9.59 Å². The van der Waals surface area contributed by atoms with E-state index in [4.69, 9.17) is 0 Å². The summed E-state index contributed by atoms with van der Waals surface area (Å²) in [6.45, 7) is 5.82. The SMILES string of the molecule is CC(C)c1ccc(CN(C)CCC(=O)Nc2ccccc2C(=O)NC2CC2)cc1. The van der Waals surface area contributed by atoms with Crippen LogP contribution in [0.15, 0.2) is 48.5 Å². The molecule has 0 aromatic heterocycles. The van der Waals surface area contributed by atoms with Crippen molar-refractivity contribution in [2.45, 2.75) is 51.6 Å². The van der Waals surface area contributed by atoms with Crippen LogP contribution in [-0.2, 0) is 11.3 Å². The molecule has 2 aromatic rings. The number of anilines is 1. The van der Waals surface area contributed by atoms with E-state index in [0.29, 0.717) is 30.1 Å². The van der Waals surface area contributed by atoms with E-state index in [9.17, 15) is 9.59 Å². The van der Waals surface area contributed by atoms with Crippen LogP contribution in [0.1, 0.15) is 60.5 Å². The van der Waals surface area contributed by atoms with Gasteiger partial charge < -0.3 is 15.5 Å². The van der Waals surface area contributed by atoms with Crippen LogP contribution in [-0.4, -0.2) is 36.3 Å². The van der Waals surface area contributed by atoms with Gasteiger partial charge in [0.15, 0.2) is 0 Å². The molecule has 0 radical (unpaired) electrons. The molecule has 2 amide bonds. The first-order valence-corrected chi connectivity index (χ1v) is 10.4. The summed E-state index contributed by atoms with van der Waals surface area (Å²) in [6.07, 6.45) is 2.44. The van der Waals surface area contributed by atoms with Gasteiger partial charge in [-0.15, -0.1) is 0 Å². The molecule has 29 heavy (non-hydrogen) atoms. The lowest BCUT2D eigenvalue weighted by molar-refractivity contribution is -0.116. The quantitative estimate of drug-likeness (QED) is 0.672. The second-order valence-electron chi connectivity index (χ2n) is 8.23. The summed E-state index contributed by atoms with van der Waals surface area (Å²) in [6, 6.07) is 16.1. The topological polar surface area (TPSA) is 61.4 Å². The van der Waals surface area contributed by atoms with Crippen molar-refractivity contribution in [3.05, 3.63) is 65.2 Å². The molecule has 1 fully saturated rings. The summed E-state index contributed by atoms with van der Waals surface area (Å²) in [5, 5.41) is 5.87. The van der Waals surface area contributed by atoms with Gasteiger partial charge in [0.1, 0.15) is 0 Å². The Morgan fingerprint density at radius 1 is 1.07 bits per heavy atom. The first kappa shape index (κ1) is 21.1. The monoisotopic (exact) mass is 393 g/mol. The fraction of sp³-hybridized carbons (Fsp3) is 0.417. The van der Waals surface area contributed by atoms with E-state index in [1.54, 1.807) is 12.1 Å². The lowest BCUT2D eigenvalue weighted by atomic mass is 10.0. The first-order chi connectivity index (χ1) is 13.9. The molecule has 2 N–H and O–H groups in total. The van der Waals surface area contributed by atoms with Gasteiger partial charge in [0.05, 0.1) is 11.3 Å². The number of nitrogens with one attached hydrogen (secondary N) is 2. The molecule has 1 aliphatic rings. The molecule has 0 aliphatic heterocycles. The molecule has 154 valence electrons. The summed E-state index contributed by atoms with van der Waals surface area (Å²) >= 11 is 0. The second kappa shape index (κ2) is 9.70. The van der Waals surface area contributed by atoms with Gasteiger partial charge in [-0.3, -0.25) is 9.59 Å². The van der Waals surface area contributed by atoms with Crippen molar-refractivity contribution in [3.63, 3.8) is 0 Å². The summed E-state index contributed by atoms with van der Waals surface area (Å²) in [4.78, 5) is 26.9. The number of para-hydroxylation sites is 1. The number of nitrogens with zero attached hydrogens (tertiary/aromatic N) is 1. The average molecular weight is 394 g/mol. The highest BCUT2D eigenvalue weighted by Crippen LogP contribution is 2.22. The van der Waals surface area contributed by atoms with Crippen LogP contribution in [0.4, 0.5) is 5.69 Å². The minimum absolute atomic E-state index is 0.0846. The Morgan fingerprint density at radius 2 is 1.76 bits per heavy atom. The molecular weight excluding hydrogens is 362 g/mol. The van der Waals surface area contributed by atoms with Crippen molar-refractivity contribution in [1.29, 1.82) is 0 Å². The van der Waals surface area contributed by atoms with Crippen LogP contribution in [0.3, 0.4) is 0 Å². The van der Waals surface area contributed by atoms with Gasteiger partial charge in [0.2, 0.25) is 5.91 Å². The number of carbonyl (C=O) groups excluding carboxylic acids is 2. The van der Waals surface area contributed by atoms with E-state index in [0.717, 1.165) is 19.4 Å². The normalized spacial score (nSPS) is 13.6. The number of rotatable bonds is 9. The van der Waals surface area contributed by atoms with Crippen LogP contribution in [0.5, 0.6) is 0 Å². The maximum atomic E-state index is 12.4. The Balaban J connectivity index is 1.48. The Labute approximate surface area is 173 Å². The third-order valence-corrected chi connectivity index (χ3v) is 5.18. The van der Waals surface area contributed by atoms with Gasteiger partial charge in [-0.25, -0.2) is 0 Å². The van der Waals surface area contributed by atoms with Gasteiger partial charge in [-0.1, -0.05) is 50.2 Å². The summed E-state index contributed by atoms with van der Waals surface area (Å²) in [5.74, 6) is 0.323. The molecule has 2 aromatic carbocycles. The smallest absolute Gasteiger partial charge is 0.253 e. The molecule has 1 saturated carbocycles.